The number of hydrogen-bond donors (Lipinski definition) is 7. The minimum atomic E-state index is -1.94. The number of carbonyl (C=O) groups is 2. The van der Waals surface area contributed by atoms with Gasteiger partial charge >= 0.3 is 0 Å². The standard InChI is InChI=1S/C37H40ClN5O9/c1-21(8-5-6-15-42-19-28(40-41-42)26(20-44)23-10-3-2-4-11-23)37(51)27-17-24(38)13-14-29(27)43(36(37)50)18-22-9-7-12-25(16-22)39-34(48)33-31(46)30(45)32(47)35(49)52-33/h2-5,7-14,16-17,19,21,26,30-33,35,44-47,49,51H,6,15,18,20H2,1H3,(H,39,48)/b8-5+/t21-,26?,30-,31-,32+,33-,35+,37+/m0/s1. The predicted octanol–water partition coefficient (Wildman–Crippen LogP) is 1.81. The Morgan fingerprint density at radius 1 is 1.04 bits per heavy atom. The van der Waals surface area contributed by atoms with Gasteiger partial charge in [-0.25, -0.2) is 0 Å². The van der Waals surface area contributed by atoms with E-state index in [1.54, 1.807) is 66.3 Å². The van der Waals surface area contributed by atoms with E-state index < -0.39 is 54.0 Å². The average Bonchev–Trinajstić information content (AvgIpc) is 3.68. The number of nitrogens with zero attached hydrogens (tertiary/aromatic N) is 4. The SMILES string of the molecule is C[C@@H](/C=C/CCn1cc(C(CO)c2ccccc2)nn1)[C@]1(O)C(=O)N(Cc2cccc(NC(=O)[C@H]3O[C@@H](O)[C@H](O)[C@@H](O)[C@@H]3O)c2)c2ccc(Cl)cc21. The van der Waals surface area contributed by atoms with Crippen LogP contribution in [0.4, 0.5) is 11.4 Å². The maximum Gasteiger partial charge on any atom is 0.264 e. The molecule has 0 radical (unpaired) electrons. The summed E-state index contributed by atoms with van der Waals surface area (Å²) in [6, 6.07) is 21.0. The van der Waals surface area contributed by atoms with Gasteiger partial charge < -0.3 is 45.6 Å². The third kappa shape index (κ3) is 7.38. The lowest BCUT2D eigenvalue weighted by Gasteiger charge is -2.37. The largest absolute Gasteiger partial charge is 0.395 e. The smallest absolute Gasteiger partial charge is 0.264 e. The van der Waals surface area contributed by atoms with Gasteiger partial charge in [0.15, 0.2) is 18.0 Å². The third-order valence-electron chi connectivity index (χ3n) is 9.52. The molecule has 3 heterocycles. The van der Waals surface area contributed by atoms with Gasteiger partial charge in [0.2, 0.25) is 0 Å². The van der Waals surface area contributed by atoms with Gasteiger partial charge in [0, 0.05) is 34.9 Å². The van der Waals surface area contributed by atoms with Gasteiger partial charge in [-0.2, -0.15) is 0 Å². The number of ether oxygens (including phenoxy) is 1. The number of anilines is 2. The van der Waals surface area contributed by atoms with Crippen molar-refractivity contribution in [3.8, 4) is 0 Å². The summed E-state index contributed by atoms with van der Waals surface area (Å²) in [5.41, 5.74) is 1.33. The lowest BCUT2D eigenvalue weighted by molar-refractivity contribution is -0.274. The summed E-state index contributed by atoms with van der Waals surface area (Å²) in [7, 11) is 0. The van der Waals surface area contributed by atoms with Crippen molar-refractivity contribution < 1.29 is 45.0 Å². The topological polar surface area (TPSA) is 211 Å². The Morgan fingerprint density at radius 3 is 2.56 bits per heavy atom. The monoisotopic (exact) mass is 733 g/mol. The molecule has 1 fully saturated rings. The highest BCUT2D eigenvalue weighted by Crippen LogP contribution is 2.46. The van der Waals surface area contributed by atoms with Crippen LogP contribution in [0.25, 0.3) is 0 Å². The molecule has 0 saturated carbocycles. The second-order valence-electron chi connectivity index (χ2n) is 13.0. The molecule has 6 rings (SSSR count). The lowest BCUT2D eigenvalue weighted by Crippen LogP contribution is -2.60. The van der Waals surface area contributed by atoms with E-state index in [1.165, 1.54) is 4.90 Å². The number of amides is 2. The molecule has 8 atom stereocenters. The average molecular weight is 734 g/mol. The molecule has 2 aliphatic rings. The van der Waals surface area contributed by atoms with E-state index in [2.05, 4.69) is 15.6 Å². The van der Waals surface area contributed by atoms with Crippen molar-refractivity contribution in [2.75, 3.05) is 16.8 Å². The van der Waals surface area contributed by atoms with Crippen molar-refractivity contribution in [1.82, 2.24) is 15.0 Å². The molecule has 1 saturated heterocycles. The second kappa shape index (κ2) is 15.6. The van der Waals surface area contributed by atoms with E-state index in [0.29, 0.717) is 40.5 Å². The number of aromatic nitrogens is 3. The Morgan fingerprint density at radius 2 is 1.81 bits per heavy atom. The summed E-state index contributed by atoms with van der Waals surface area (Å²) >= 11 is 6.35. The predicted molar refractivity (Wildman–Crippen MR) is 189 cm³/mol. The molecule has 274 valence electrons. The van der Waals surface area contributed by atoms with Crippen molar-refractivity contribution in [3.05, 3.63) is 119 Å². The number of aliphatic hydroxyl groups is 6. The summed E-state index contributed by atoms with van der Waals surface area (Å²) in [4.78, 5) is 28.4. The number of fused-ring (bicyclic) bond motifs is 1. The summed E-state index contributed by atoms with van der Waals surface area (Å²) in [6.07, 6.45) is -2.96. The Kier molecular flexibility index (Phi) is 11.2. The molecule has 1 aromatic heterocycles. The molecule has 3 aromatic carbocycles. The number of hydrogen-bond acceptors (Lipinski definition) is 11. The number of aliphatic hydroxyl groups excluding tert-OH is 5. The molecule has 52 heavy (non-hydrogen) atoms. The molecule has 15 heteroatoms. The van der Waals surface area contributed by atoms with Gasteiger partial charge in [-0.3, -0.25) is 14.3 Å². The molecule has 0 spiro atoms. The van der Waals surface area contributed by atoms with E-state index >= 15 is 0 Å². The van der Waals surface area contributed by atoms with Crippen molar-refractivity contribution in [2.24, 2.45) is 5.92 Å². The second-order valence-corrected chi connectivity index (χ2v) is 13.4. The number of carbonyl (C=O) groups excluding carboxylic acids is 2. The number of allylic oxidation sites excluding steroid dienone is 1. The van der Waals surface area contributed by atoms with Gasteiger partial charge in [0.05, 0.1) is 30.5 Å². The first-order valence-corrected chi connectivity index (χ1v) is 17.1. The summed E-state index contributed by atoms with van der Waals surface area (Å²) in [6.45, 7) is 2.13. The third-order valence-corrected chi connectivity index (χ3v) is 9.75. The zero-order chi connectivity index (χ0) is 37.2. The van der Waals surface area contributed by atoms with Crippen LogP contribution in [-0.4, -0.2) is 94.8 Å². The summed E-state index contributed by atoms with van der Waals surface area (Å²) < 4.78 is 6.70. The molecule has 1 unspecified atom stereocenters. The summed E-state index contributed by atoms with van der Waals surface area (Å²) in [5, 5.41) is 73.2. The minimum Gasteiger partial charge on any atom is -0.395 e. The van der Waals surface area contributed by atoms with Gasteiger partial charge in [-0.05, 0) is 47.9 Å². The molecule has 14 nitrogen and oxygen atoms in total. The fourth-order valence-electron chi connectivity index (χ4n) is 6.58. The Hall–Kier alpha value is -4.51. The first-order chi connectivity index (χ1) is 24.9. The maximum atomic E-state index is 14.1. The molecule has 4 aromatic rings. The van der Waals surface area contributed by atoms with Crippen molar-refractivity contribution in [2.45, 2.75) is 68.7 Å². The van der Waals surface area contributed by atoms with E-state index in [9.17, 15) is 40.2 Å². The van der Waals surface area contributed by atoms with Gasteiger partial charge in [-0.15, -0.1) is 5.10 Å². The first kappa shape index (κ1) is 37.3. The molecule has 7 N–H and O–H groups in total. The van der Waals surface area contributed by atoms with Gasteiger partial charge in [-0.1, -0.05) is 78.4 Å². The van der Waals surface area contributed by atoms with Crippen LogP contribution in [0.5, 0.6) is 0 Å². The minimum absolute atomic E-state index is 0.0224. The quantitative estimate of drug-likeness (QED) is 0.104. The van der Waals surface area contributed by atoms with Crippen molar-refractivity contribution in [3.63, 3.8) is 0 Å². The molecule has 2 aliphatic heterocycles. The zero-order valence-corrected chi connectivity index (χ0v) is 28.9. The van der Waals surface area contributed by atoms with Gasteiger partial charge in [0.1, 0.15) is 18.3 Å². The molecule has 2 amide bonds. The van der Waals surface area contributed by atoms with Crippen LogP contribution in [0.3, 0.4) is 0 Å². The van der Waals surface area contributed by atoms with Crippen LogP contribution in [-0.2, 0) is 33.0 Å². The van der Waals surface area contributed by atoms with Crippen LogP contribution in [0.1, 0.15) is 41.6 Å². The normalized spacial score (nSPS) is 25.7. The van der Waals surface area contributed by atoms with Crippen LogP contribution >= 0.6 is 11.6 Å². The molecule has 0 aliphatic carbocycles. The van der Waals surface area contributed by atoms with E-state index in [0.717, 1.165) is 5.56 Å². The summed E-state index contributed by atoms with van der Waals surface area (Å²) in [5.74, 6) is -2.39. The number of aryl methyl sites for hydroxylation is 1. The highest BCUT2D eigenvalue weighted by Gasteiger charge is 2.52. The van der Waals surface area contributed by atoms with Gasteiger partial charge in [0.25, 0.3) is 11.8 Å². The van der Waals surface area contributed by atoms with E-state index in [-0.39, 0.29) is 24.8 Å². The molecular formula is C37H40ClN5O9. The Bertz CT molecular complexity index is 1930. The maximum absolute atomic E-state index is 14.1. The van der Waals surface area contributed by atoms with Crippen LogP contribution in [0.15, 0.2) is 91.1 Å². The molecular weight excluding hydrogens is 694 g/mol. The molecule has 0 bridgehead atoms. The Labute approximate surface area is 304 Å². The van der Waals surface area contributed by atoms with E-state index in [1.807, 2.05) is 36.4 Å². The number of benzene rings is 3. The van der Waals surface area contributed by atoms with Crippen molar-refractivity contribution in [1.29, 1.82) is 0 Å². The van der Waals surface area contributed by atoms with Crippen LogP contribution in [0, 0.1) is 5.92 Å². The number of rotatable bonds is 12. The van der Waals surface area contributed by atoms with Crippen LogP contribution < -0.4 is 10.2 Å². The van der Waals surface area contributed by atoms with Crippen molar-refractivity contribution >= 4 is 34.8 Å². The number of halogens is 1. The highest BCUT2D eigenvalue weighted by atomic mass is 35.5. The Balaban J connectivity index is 1.13. The lowest BCUT2D eigenvalue weighted by atomic mass is 9.83. The highest BCUT2D eigenvalue weighted by molar-refractivity contribution is 6.31. The zero-order valence-electron chi connectivity index (χ0n) is 28.1. The van der Waals surface area contributed by atoms with E-state index in [4.69, 9.17) is 16.3 Å². The van der Waals surface area contributed by atoms with Crippen LogP contribution in [0.2, 0.25) is 5.02 Å². The fourth-order valence-corrected chi connectivity index (χ4v) is 6.75. The first-order valence-electron chi connectivity index (χ1n) is 16.8. The fraction of sp³-hybridized carbons (Fsp3) is 0.351. The number of nitrogens with one attached hydrogen (secondary N) is 1.